The summed E-state index contributed by atoms with van der Waals surface area (Å²) in [5, 5.41) is 9.54. The third kappa shape index (κ3) is 4.68. The minimum absolute atomic E-state index is 0.578. The molecule has 170 valence electrons. The van der Waals surface area contributed by atoms with Crippen LogP contribution in [0, 0.1) is 6.92 Å². The fourth-order valence-corrected chi connectivity index (χ4v) is 4.37. The first-order valence-corrected chi connectivity index (χ1v) is 11.7. The number of aryl methyl sites for hydroxylation is 1. The van der Waals surface area contributed by atoms with Crippen LogP contribution in [0.25, 0.3) is 28.0 Å². The molecule has 4 aromatic rings. The Bertz CT molecular complexity index is 1270. The molecule has 0 bridgehead atoms. The van der Waals surface area contributed by atoms with Gasteiger partial charge in [-0.05, 0) is 30.7 Å². The average molecular weight is 483 g/mol. The predicted octanol–water partition coefficient (Wildman–Crippen LogP) is 4.82. The van der Waals surface area contributed by atoms with E-state index in [-0.39, 0.29) is 0 Å². The summed E-state index contributed by atoms with van der Waals surface area (Å²) in [5.41, 5.74) is 4.17. The molecular formula is C24H24Cl2N6O. The fraction of sp³-hybridized carbons (Fsp3) is 0.292. The van der Waals surface area contributed by atoms with Gasteiger partial charge in [0.15, 0.2) is 5.65 Å². The monoisotopic (exact) mass is 482 g/mol. The van der Waals surface area contributed by atoms with Crippen molar-refractivity contribution < 1.29 is 4.74 Å². The molecule has 33 heavy (non-hydrogen) atoms. The zero-order valence-electron chi connectivity index (χ0n) is 18.3. The van der Waals surface area contributed by atoms with Crippen LogP contribution in [0.1, 0.15) is 5.82 Å². The summed E-state index contributed by atoms with van der Waals surface area (Å²) in [7, 11) is 0. The van der Waals surface area contributed by atoms with E-state index in [1.54, 1.807) is 4.52 Å². The molecule has 9 heteroatoms. The van der Waals surface area contributed by atoms with Gasteiger partial charge in [-0.15, -0.1) is 0 Å². The van der Waals surface area contributed by atoms with Crippen LogP contribution in [0.5, 0.6) is 0 Å². The molecule has 3 heterocycles. The molecule has 0 aliphatic carbocycles. The molecule has 1 saturated heterocycles. The maximum absolute atomic E-state index is 6.55. The summed E-state index contributed by atoms with van der Waals surface area (Å²) in [6, 6.07) is 15.4. The van der Waals surface area contributed by atoms with Gasteiger partial charge in [0.25, 0.3) is 0 Å². The summed E-state index contributed by atoms with van der Waals surface area (Å²) in [6.45, 7) is 7.05. The summed E-state index contributed by atoms with van der Waals surface area (Å²) < 4.78 is 7.20. The lowest BCUT2D eigenvalue weighted by Crippen LogP contribution is -2.39. The van der Waals surface area contributed by atoms with E-state index in [2.05, 4.69) is 15.2 Å². The molecule has 5 rings (SSSR count). The second kappa shape index (κ2) is 9.65. The second-order valence-electron chi connectivity index (χ2n) is 7.92. The first kappa shape index (κ1) is 22.1. The number of anilines is 1. The normalized spacial score (nSPS) is 14.6. The Hall–Kier alpha value is -2.71. The number of ether oxygens (including phenoxy) is 1. The van der Waals surface area contributed by atoms with E-state index in [9.17, 15) is 0 Å². The van der Waals surface area contributed by atoms with Gasteiger partial charge in [0.05, 0.1) is 23.8 Å². The van der Waals surface area contributed by atoms with Crippen molar-refractivity contribution in [3.05, 3.63) is 64.4 Å². The number of rotatable bonds is 6. The number of nitrogens with one attached hydrogen (secondary N) is 1. The van der Waals surface area contributed by atoms with Gasteiger partial charge in [-0.25, -0.2) is 0 Å². The molecule has 7 nitrogen and oxygen atoms in total. The second-order valence-corrected chi connectivity index (χ2v) is 8.76. The van der Waals surface area contributed by atoms with Gasteiger partial charge in [-0.2, -0.15) is 19.6 Å². The summed E-state index contributed by atoms with van der Waals surface area (Å²) in [5.74, 6) is 1.32. The summed E-state index contributed by atoms with van der Waals surface area (Å²) >= 11 is 12.7. The number of nitrogens with zero attached hydrogens (tertiary/aromatic N) is 5. The molecule has 0 unspecified atom stereocenters. The van der Waals surface area contributed by atoms with Crippen molar-refractivity contribution in [3.8, 4) is 22.4 Å². The van der Waals surface area contributed by atoms with Crippen LogP contribution in [0.3, 0.4) is 0 Å². The van der Waals surface area contributed by atoms with E-state index in [0.29, 0.717) is 21.6 Å². The molecule has 2 aromatic heterocycles. The van der Waals surface area contributed by atoms with E-state index in [0.717, 1.165) is 67.6 Å². The van der Waals surface area contributed by atoms with Gasteiger partial charge in [0, 0.05) is 36.8 Å². The van der Waals surface area contributed by atoms with Gasteiger partial charge in [-0.1, -0.05) is 53.5 Å². The third-order valence-electron chi connectivity index (χ3n) is 5.72. The number of halogens is 2. The highest BCUT2D eigenvalue weighted by atomic mass is 35.5. The maximum atomic E-state index is 6.55. The Balaban J connectivity index is 1.56. The fourth-order valence-electron chi connectivity index (χ4n) is 4.02. The molecule has 0 saturated carbocycles. The zero-order valence-corrected chi connectivity index (χ0v) is 19.8. The van der Waals surface area contributed by atoms with Crippen molar-refractivity contribution in [1.82, 2.24) is 24.5 Å². The average Bonchev–Trinajstić information content (AvgIpc) is 3.20. The highest BCUT2D eigenvalue weighted by molar-refractivity contribution is 6.33. The lowest BCUT2D eigenvalue weighted by molar-refractivity contribution is 0.0398. The molecule has 0 spiro atoms. The van der Waals surface area contributed by atoms with Gasteiger partial charge >= 0.3 is 0 Å². The van der Waals surface area contributed by atoms with Crippen LogP contribution < -0.4 is 5.32 Å². The third-order valence-corrected chi connectivity index (χ3v) is 6.31. The van der Waals surface area contributed by atoms with E-state index in [4.69, 9.17) is 38.0 Å². The number of benzene rings is 2. The molecule has 0 amide bonds. The van der Waals surface area contributed by atoms with Crippen LogP contribution >= 0.6 is 23.2 Å². The summed E-state index contributed by atoms with van der Waals surface area (Å²) in [4.78, 5) is 11.9. The van der Waals surface area contributed by atoms with E-state index in [1.165, 1.54) is 0 Å². The van der Waals surface area contributed by atoms with Crippen molar-refractivity contribution in [2.75, 3.05) is 44.7 Å². The molecule has 0 radical (unpaired) electrons. The van der Waals surface area contributed by atoms with E-state index >= 15 is 0 Å². The minimum atomic E-state index is 0.578. The molecule has 2 aromatic carbocycles. The Morgan fingerprint density at radius 3 is 2.52 bits per heavy atom. The molecule has 1 N–H and O–H groups in total. The zero-order chi connectivity index (χ0) is 22.8. The highest BCUT2D eigenvalue weighted by Crippen LogP contribution is 2.38. The van der Waals surface area contributed by atoms with Crippen molar-refractivity contribution in [1.29, 1.82) is 0 Å². The van der Waals surface area contributed by atoms with E-state index < -0.39 is 0 Å². The topological polar surface area (TPSA) is 67.6 Å². The van der Waals surface area contributed by atoms with Gasteiger partial charge in [0.1, 0.15) is 11.5 Å². The molecule has 1 aliphatic rings. The first-order valence-electron chi connectivity index (χ1n) is 10.9. The minimum Gasteiger partial charge on any atom is -0.379 e. The largest absolute Gasteiger partial charge is 0.379 e. The molecule has 0 atom stereocenters. The van der Waals surface area contributed by atoms with Gasteiger partial charge in [0.2, 0.25) is 5.95 Å². The highest BCUT2D eigenvalue weighted by Gasteiger charge is 2.21. The quantitative estimate of drug-likeness (QED) is 0.424. The van der Waals surface area contributed by atoms with Crippen molar-refractivity contribution in [3.63, 3.8) is 0 Å². The van der Waals surface area contributed by atoms with Crippen LogP contribution in [0.4, 0.5) is 5.95 Å². The van der Waals surface area contributed by atoms with Gasteiger partial charge < -0.3 is 10.1 Å². The Labute approximate surface area is 202 Å². The predicted molar refractivity (Wildman–Crippen MR) is 132 cm³/mol. The van der Waals surface area contributed by atoms with Crippen LogP contribution in [-0.4, -0.2) is 63.9 Å². The lowest BCUT2D eigenvalue weighted by Gasteiger charge is -2.26. The van der Waals surface area contributed by atoms with Crippen molar-refractivity contribution >= 4 is 34.8 Å². The molecule has 1 fully saturated rings. The number of hydrogen-bond donors (Lipinski definition) is 1. The number of hydrogen-bond acceptors (Lipinski definition) is 6. The molecule has 1 aliphatic heterocycles. The lowest BCUT2D eigenvalue weighted by atomic mass is 10.0. The smallest absolute Gasteiger partial charge is 0.226 e. The standard InChI is InChI=1S/C24H24Cl2N6O/c1-16-28-24(27-10-11-31-12-14-33-15-13-31)29-23-21(17-6-8-18(25)9-7-17)22(30-32(16)23)19-4-2-3-5-20(19)26/h2-9H,10-15H2,1H3,(H,27,29). The summed E-state index contributed by atoms with van der Waals surface area (Å²) in [6.07, 6.45) is 0. The van der Waals surface area contributed by atoms with Crippen LogP contribution in [-0.2, 0) is 4.74 Å². The molecular weight excluding hydrogens is 459 g/mol. The number of fused-ring (bicyclic) bond motifs is 1. The van der Waals surface area contributed by atoms with Crippen molar-refractivity contribution in [2.24, 2.45) is 0 Å². The van der Waals surface area contributed by atoms with E-state index in [1.807, 2.05) is 55.5 Å². The Morgan fingerprint density at radius 1 is 1.00 bits per heavy atom. The van der Waals surface area contributed by atoms with Crippen LogP contribution in [0.15, 0.2) is 48.5 Å². The number of morpholine rings is 1. The maximum Gasteiger partial charge on any atom is 0.226 e. The Kier molecular flexibility index (Phi) is 6.46. The SMILES string of the molecule is Cc1nc(NCCN2CCOCC2)nc2c(-c3ccc(Cl)cc3)c(-c3ccccc3Cl)nn12. The van der Waals surface area contributed by atoms with Crippen molar-refractivity contribution in [2.45, 2.75) is 6.92 Å². The number of aromatic nitrogens is 4. The first-order chi connectivity index (χ1) is 16.1. The Morgan fingerprint density at radius 2 is 1.76 bits per heavy atom. The van der Waals surface area contributed by atoms with Crippen LogP contribution in [0.2, 0.25) is 10.0 Å². The van der Waals surface area contributed by atoms with Gasteiger partial charge in [-0.3, -0.25) is 4.90 Å².